The Morgan fingerprint density at radius 2 is 2.05 bits per heavy atom. The molecule has 0 saturated heterocycles. The number of hydrogen-bond acceptors (Lipinski definition) is 2. The van der Waals surface area contributed by atoms with E-state index in [1.165, 1.54) is 22.2 Å². The molecule has 0 unspecified atom stereocenters. The van der Waals surface area contributed by atoms with E-state index in [2.05, 4.69) is 58.4 Å². The van der Waals surface area contributed by atoms with Crippen molar-refractivity contribution >= 4 is 10.9 Å². The first kappa shape index (κ1) is 13.9. The Hall–Kier alpha value is -2.07. The van der Waals surface area contributed by atoms with Crippen LogP contribution in [0.5, 0.6) is 0 Å². The van der Waals surface area contributed by atoms with Crippen molar-refractivity contribution in [1.29, 1.82) is 0 Å². The number of nitrogens with zero attached hydrogens (tertiary/aromatic N) is 3. The zero-order valence-corrected chi connectivity index (χ0v) is 12.9. The largest absolute Gasteiger partial charge is 0.341 e. The Morgan fingerprint density at radius 3 is 2.76 bits per heavy atom. The summed E-state index contributed by atoms with van der Waals surface area (Å²) in [6.45, 7) is 3.89. The van der Waals surface area contributed by atoms with Crippen molar-refractivity contribution in [3.8, 4) is 0 Å². The molecule has 0 fully saturated rings. The van der Waals surface area contributed by atoms with Gasteiger partial charge in [-0.05, 0) is 42.6 Å². The molecule has 4 nitrogen and oxygen atoms in total. The van der Waals surface area contributed by atoms with Crippen molar-refractivity contribution < 1.29 is 0 Å². The predicted molar refractivity (Wildman–Crippen MR) is 86.4 cm³/mol. The lowest BCUT2D eigenvalue weighted by Crippen LogP contribution is -2.06. The van der Waals surface area contributed by atoms with E-state index in [0.29, 0.717) is 0 Å². The van der Waals surface area contributed by atoms with Gasteiger partial charge in [0.2, 0.25) is 0 Å². The normalized spacial score (nSPS) is 11.4. The van der Waals surface area contributed by atoms with Crippen LogP contribution in [0.15, 0.2) is 36.5 Å². The molecule has 3 rings (SSSR count). The van der Waals surface area contributed by atoms with Gasteiger partial charge in [0, 0.05) is 25.3 Å². The fourth-order valence-corrected chi connectivity index (χ4v) is 2.75. The molecule has 0 bridgehead atoms. The van der Waals surface area contributed by atoms with Gasteiger partial charge in [-0.3, -0.25) is 4.68 Å². The van der Waals surface area contributed by atoms with E-state index in [1.807, 2.05) is 18.8 Å². The highest BCUT2D eigenvalue weighted by Crippen LogP contribution is 2.19. The minimum absolute atomic E-state index is 0.857. The Kier molecular flexibility index (Phi) is 3.80. The second-order valence-corrected chi connectivity index (χ2v) is 5.47. The number of rotatable bonds is 5. The summed E-state index contributed by atoms with van der Waals surface area (Å²) in [5.74, 6) is 0. The summed E-state index contributed by atoms with van der Waals surface area (Å²) in [6.07, 6.45) is 3.14. The van der Waals surface area contributed by atoms with E-state index >= 15 is 0 Å². The monoisotopic (exact) mass is 282 g/mol. The van der Waals surface area contributed by atoms with E-state index in [9.17, 15) is 0 Å². The van der Waals surface area contributed by atoms with E-state index in [0.717, 1.165) is 25.2 Å². The lowest BCUT2D eigenvalue weighted by atomic mass is 10.1. The Balaban J connectivity index is 1.95. The lowest BCUT2D eigenvalue weighted by Gasteiger charge is -2.07. The van der Waals surface area contributed by atoms with Crippen LogP contribution in [0.3, 0.4) is 0 Å². The first-order valence-corrected chi connectivity index (χ1v) is 7.45. The summed E-state index contributed by atoms with van der Waals surface area (Å²) in [5.41, 5.74) is 4.98. The van der Waals surface area contributed by atoms with Gasteiger partial charge in [-0.1, -0.05) is 19.1 Å². The molecule has 0 atom stereocenters. The number of hydrogen-bond donors (Lipinski definition) is 1. The second-order valence-electron chi connectivity index (χ2n) is 5.47. The maximum atomic E-state index is 4.53. The minimum atomic E-state index is 0.857. The van der Waals surface area contributed by atoms with Crippen LogP contribution in [0.4, 0.5) is 0 Å². The van der Waals surface area contributed by atoms with Crippen molar-refractivity contribution in [3.05, 3.63) is 53.5 Å². The van der Waals surface area contributed by atoms with Gasteiger partial charge in [0.05, 0.1) is 17.9 Å². The van der Waals surface area contributed by atoms with Crippen LogP contribution in [-0.4, -0.2) is 21.4 Å². The summed E-state index contributed by atoms with van der Waals surface area (Å²) in [5, 5.41) is 9.02. The van der Waals surface area contributed by atoms with Gasteiger partial charge in [-0.25, -0.2) is 0 Å². The molecule has 1 aromatic carbocycles. The molecule has 0 saturated carbocycles. The van der Waals surface area contributed by atoms with Gasteiger partial charge >= 0.3 is 0 Å². The van der Waals surface area contributed by atoms with Crippen molar-refractivity contribution in [2.45, 2.75) is 26.4 Å². The third-order valence-electron chi connectivity index (χ3n) is 3.94. The molecular weight excluding hydrogens is 260 g/mol. The van der Waals surface area contributed by atoms with Crippen LogP contribution < -0.4 is 5.32 Å². The molecule has 0 radical (unpaired) electrons. The van der Waals surface area contributed by atoms with Gasteiger partial charge in [-0.2, -0.15) is 5.10 Å². The van der Waals surface area contributed by atoms with Crippen molar-refractivity contribution in [2.24, 2.45) is 7.05 Å². The zero-order valence-electron chi connectivity index (χ0n) is 12.9. The first-order valence-electron chi connectivity index (χ1n) is 7.45. The maximum absolute atomic E-state index is 4.53. The summed E-state index contributed by atoms with van der Waals surface area (Å²) in [4.78, 5) is 0. The molecule has 0 amide bonds. The Labute approximate surface area is 125 Å². The van der Waals surface area contributed by atoms with E-state index in [4.69, 9.17) is 0 Å². The summed E-state index contributed by atoms with van der Waals surface area (Å²) < 4.78 is 4.28. The van der Waals surface area contributed by atoms with Gasteiger partial charge in [0.1, 0.15) is 0 Å². The van der Waals surface area contributed by atoms with Gasteiger partial charge < -0.3 is 9.88 Å². The quantitative estimate of drug-likeness (QED) is 0.781. The third-order valence-corrected chi connectivity index (χ3v) is 3.94. The van der Waals surface area contributed by atoms with Crippen LogP contribution in [-0.2, 0) is 26.6 Å². The van der Waals surface area contributed by atoms with Crippen LogP contribution in [0.1, 0.15) is 23.9 Å². The van der Waals surface area contributed by atoms with E-state index < -0.39 is 0 Å². The third kappa shape index (κ3) is 2.72. The molecule has 4 heteroatoms. The molecular formula is C17H22N4. The van der Waals surface area contributed by atoms with Crippen LogP contribution in [0.25, 0.3) is 10.9 Å². The molecule has 2 aromatic heterocycles. The van der Waals surface area contributed by atoms with E-state index in [-0.39, 0.29) is 0 Å². The molecule has 0 spiro atoms. The highest BCUT2D eigenvalue weighted by Gasteiger charge is 2.07. The van der Waals surface area contributed by atoms with Gasteiger partial charge in [0.15, 0.2) is 0 Å². The van der Waals surface area contributed by atoms with Gasteiger partial charge in [-0.15, -0.1) is 0 Å². The Morgan fingerprint density at radius 1 is 1.19 bits per heavy atom. The van der Waals surface area contributed by atoms with E-state index in [1.54, 1.807) is 0 Å². The zero-order chi connectivity index (χ0) is 14.8. The van der Waals surface area contributed by atoms with Crippen molar-refractivity contribution in [1.82, 2.24) is 19.7 Å². The maximum Gasteiger partial charge on any atom is 0.0645 e. The molecule has 3 aromatic rings. The summed E-state index contributed by atoms with van der Waals surface area (Å²) in [6, 6.07) is 11.0. The number of nitrogens with one attached hydrogen (secondary N) is 1. The van der Waals surface area contributed by atoms with Crippen molar-refractivity contribution in [3.63, 3.8) is 0 Å². The Bertz CT molecular complexity index is 751. The average molecular weight is 282 g/mol. The predicted octanol–water partition coefficient (Wildman–Crippen LogP) is 2.70. The number of aromatic nitrogens is 3. The topological polar surface area (TPSA) is 34.8 Å². The summed E-state index contributed by atoms with van der Waals surface area (Å²) >= 11 is 0. The fraction of sp³-hybridized carbons (Fsp3) is 0.353. The average Bonchev–Trinajstić information content (AvgIpc) is 3.04. The molecule has 0 aliphatic carbocycles. The van der Waals surface area contributed by atoms with Gasteiger partial charge in [0.25, 0.3) is 0 Å². The highest BCUT2D eigenvalue weighted by molar-refractivity contribution is 5.80. The number of benzene rings is 1. The van der Waals surface area contributed by atoms with Crippen LogP contribution in [0.2, 0.25) is 0 Å². The smallest absolute Gasteiger partial charge is 0.0645 e. The fourth-order valence-electron chi connectivity index (χ4n) is 2.75. The van der Waals surface area contributed by atoms with Crippen LogP contribution >= 0.6 is 0 Å². The summed E-state index contributed by atoms with van der Waals surface area (Å²) in [7, 11) is 4.00. The molecule has 110 valence electrons. The lowest BCUT2D eigenvalue weighted by molar-refractivity contribution is 0.669. The molecule has 21 heavy (non-hydrogen) atoms. The second kappa shape index (κ2) is 5.74. The number of aryl methyl sites for hydroxylation is 2. The van der Waals surface area contributed by atoms with Crippen LogP contribution in [0, 0.1) is 0 Å². The first-order chi connectivity index (χ1) is 10.2. The minimum Gasteiger partial charge on any atom is -0.341 e. The molecule has 0 aliphatic rings. The molecule has 2 heterocycles. The molecule has 0 aliphatic heterocycles. The van der Waals surface area contributed by atoms with Crippen molar-refractivity contribution in [2.75, 3.05) is 7.05 Å². The highest BCUT2D eigenvalue weighted by atomic mass is 15.3. The SMILES string of the molecule is CCc1cc(Cn2ccc3ccc(CNC)cc32)n(C)n1. The molecule has 1 N–H and O–H groups in total. The number of fused-ring (bicyclic) bond motifs is 1. The standard InChI is InChI=1S/C17H22N4/c1-4-15-10-16(20(3)19-15)12-21-8-7-14-6-5-13(11-18-2)9-17(14)21/h5-10,18H,4,11-12H2,1-3H3.